The lowest BCUT2D eigenvalue weighted by molar-refractivity contribution is -0.140. The molecule has 0 radical (unpaired) electrons. The molecular formula is C13H16N4O3. The fraction of sp³-hybridized carbons (Fsp3) is 0.385. The number of benzene rings is 1. The number of para-hydroxylation sites is 1. The van der Waals surface area contributed by atoms with Crippen LogP contribution in [0.15, 0.2) is 24.3 Å². The second-order valence-corrected chi connectivity index (χ2v) is 4.27. The van der Waals surface area contributed by atoms with E-state index in [9.17, 15) is 9.59 Å². The number of fused-ring (bicyclic) bond motifs is 1. The van der Waals surface area contributed by atoms with Crippen molar-refractivity contribution in [3.05, 3.63) is 24.3 Å². The van der Waals surface area contributed by atoms with Crippen molar-refractivity contribution >= 4 is 22.9 Å². The van der Waals surface area contributed by atoms with Crippen LogP contribution in [0, 0.1) is 0 Å². The molecule has 2 rings (SSSR count). The van der Waals surface area contributed by atoms with Gasteiger partial charge in [0.15, 0.2) is 0 Å². The van der Waals surface area contributed by atoms with Crippen LogP contribution in [0.3, 0.4) is 0 Å². The summed E-state index contributed by atoms with van der Waals surface area (Å²) in [5.74, 6) is -0.438. The lowest BCUT2D eigenvalue weighted by atomic mass is 10.3. The van der Waals surface area contributed by atoms with E-state index < -0.39 is 0 Å². The monoisotopic (exact) mass is 276 g/mol. The molecule has 0 bridgehead atoms. The van der Waals surface area contributed by atoms with Crippen LogP contribution in [0.25, 0.3) is 11.0 Å². The molecule has 0 saturated carbocycles. The van der Waals surface area contributed by atoms with Gasteiger partial charge in [0, 0.05) is 13.0 Å². The third kappa shape index (κ3) is 3.53. The van der Waals surface area contributed by atoms with Gasteiger partial charge < -0.3 is 10.1 Å². The van der Waals surface area contributed by atoms with E-state index >= 15 is 0 Å². The third-order valence-corrected chi connectivity index (χ3v) is 2.82. The molecule has 1 N–H and O–H groups in total. The largest absolute Gasteiger partial charge is 0.469 e. The number of methoxy groups -OCH3 is 1. The fourth-order valence-corrected chi connectivity index (χ4v) is 1.79. The highest BCUT2D eigenvalue weighted by atomic mass is 16.5. The number of hydrogen-bond acceptors (Lipinski definition) is 5. The summed E-state index contributed by atoms with van der Waals surface area (Å²) in [5.41, 5.74) is 1.57. The maximum Gasteiger partial charge on any atom is 0.305 e. The van der Waals surface area contributed by atoms with Crippen molar-refractivity contribution in [2.24, 2.45) is 0 Å². The van der Waals surface area contributed by atoms with Crippen molar-refractivity contribution in [3.8, 4) is 0 Å². The molecule has 1 amide bonds. The standard InChI is InChI=1S/C13H16N4O3/c1-20-13(19)7-4-8-14-12(18)9-17-11-6-3-2-5-10(11)15-16-17/h2-3,5-6H,4,7-9H2,1H3,(H,14,18). The molecule has 0 atom stereocenters. The topological polar surface area (TPSA) is 86.1 Å². The van der Waals surface area contributed by atoms with Crippen LogP contribution in [0.1, 0.15) is 12.8 Å². The SMILES string of the molecule is COC(=O)CCCNC(=O)Cn1nnc2ccccc21. The Morgan fingerprint density at radius 3 is 2.95 bits per heavy atom. The van der Waals surface area contributed by atoms with Gasteiger partial charge in [0.25, 0.3) is 0 Å². The average molecular weight is 276 g/mol. The summed E-state index contributed by atoms with van der Waals surface area (Å²) >= 11 is 0. The smallest absolute Gasteiger partial charge is 0.305 e. The minimum Gasteiger partial charge on any atom is -0.469 e. The van der Waals surface area contributed by atoms with E-state index in [1.54, 1.807) is 4.68 Å². The molecule has 106 valence electrons. The Bertz CT molecular complexity index is 608. The first-order valence-electron chi connectivity index (χ1n) is 6.32. The van der Waals surface area contributed by atoms with Crippen molar-refractivity contribution in [2.75, 3.05) is 13.7 Å². The second-order valence-electron chi connectivity index (χ2n) is 4.27. The Morgan fingerprint density at radius 1 is 1.35 bits per heavy atom. The maximum atomic E-state index is 11.8. The van der Waals surface area contributed by atoms with Crippen LogP contribution in [-0.2, 0) is 20.9 Å². The number of aromatic nitrogens is 3. The Balaban J connectivity index is 1.81. The van der Waals surface area contributed by atoms with Gasteiger partial charge in [0.05, 0.1) is 12.6 Å². The molecule has 2 aromatic rings. The summed E-state index contributed by atoms with van der Waals surface area (Å²) in [6.45, 7) is 0.541. The molecule has 1 aromatic heterocycles. The number of esters is 1. The zero-order valence-corrected chi connectivity index (χ0v) is 11.2. The summed E-state index contributed by atoms with van der Waals surface area (Å²) in [7, 11) is 1.34. The maximum absolute atomic E-state index is 11.8. The van der Waals surface area contributed by atoms with Gasteiger partial charge in [0.1, 0.15) is 12.1 Å². The van der Waals surface area contributed by atoms with Crippen LogP contribution in [-0.4, -0.2) is 40.5 Å². The Morgan fingerprint density at radius 2 is 2.15 bits per heavy atom. The van der Waals surface area contributed by atoms with Crippen molar-refractivity contribution in [1.29, 1.82) is 0 Å². The third-order valence-electron chi connectivity index (χ3n) is 2.82. The average Bonchev–Trinajstić information content (AvgIpc) is 2.86. The predicted molar refractivity (Wildman–Crippen MR) is 71.8 cm³/mol. The van der Waals surface area contributed by atoms with E-state index in [-0.39, 0.29) is 18.4 Å². The molecule has 0 aliphatic rings. The lowest BCUT2D eigenvalue weighted by Crippen LogP contribution is -2.29. The Labute approximate surface area is 115 Å². The number of nitrogens with zero attached hydrogens (tertiary/aromatic N) is 3. The molecule has 7 heteroatoms. The first kappa shape index (κ1) is 14.0. The van der Waals surface area contributed by atoms with Gasteiger partial charge >= 0.3 is 5.97 Å². The highest BCUT2D eigenvalue weighted by Crippen LogP contribution is 2.09. The minimum atomic E-state index is -0.276. The van der Waals surface area contributed by atoms with Crippen molar-refractivity contribution in [3.63, 3.8) is 0 Å². The quantitative estimate of drug-likeness (QED) is 0.613. The highest BCUT2D eigenvalue weighted by Gasteiger charge is 2.08. The summed E-state index contributed by atoms with van der Waals surface area (Å²) in [5, 5.41) is 10.6. The van der Waals surface area contributed by atoms with Crippen LogP contribution >= 0.6 is 0 Å². The number of amides is 1. The van der Waals surface area contributed by atoms with Gasteiger partial charge in [0.2, 0.25) is 5.91 Å². The van der Waals surface area contributed by atoms with Crippen molar-refractivity contribution in [2.45, 2.75) is 19.4 Å². The molecular weight excluding hydrogens is 260 g/mol. The molecule has 0 aliphatic heterocycles. The molecule has 20 heavy (non-hydrogen) atoms. The summed E-state index contributed by atoms with van der Waals surface area (Å²) < 4.78 is 6.06. The van der Waals surface area contributed by atoms with E-state index in [2.05, 4.69) is 20.4 Å². The van der Waals surface area contributed by atoms with Crippen LogP contribution in [0.4, 0.5) is 0 Å². The summed E-state index contributed by atoms with van der Waals surface area (Å²) in [4.78, 5) is 22.7. The van der Waals surface area contributed by atoms with Gasteiger partial charge in [-0.3, -0.25) is 9.59 Å². The molecule has 1 heterocycles. The second kappa shape index (κ2) is 6.65. The molecule has 0 fully saturated rings. The normalized spacial score (nSPS) is 10.4. The summed E-state index contributed by atoms with van der Waals surface area (Å²) in [6, 6.07) is 7.44. The number of ether oxygens (including phenoxy) is 1. The number of carbonyl (C=O) groups is 2. The molecule has 0 unspecified atom stereocenters. The van der Waals surface area contributed by atoms with Crippen LogP contribution in [0.2, 0.25) is 0 Å². The Kier molecular flexibility index (Phi) is 4.65. The molecule has 0 saturated heterocycles. The molecule has 7 nitrogen and oxygen atoms in total. The molecule has 0 spiro atoms. The molecule has 0 aliphatic carbocycles. The Hall–Kier alpha value is -2.44. The van der Waals surface area contributed by atoms with Gasteiger partial charge in [-0.25, -0.2) is 4.68 Å². The number of nitrogens with one attached hydrogen (secondary N) is 1. The zero-order chi connectivity index (χ0) is 14.4. The first-order chi connectivity index (χ1) is 9.70. The lowest BCUT2D eigenvalue weighted by Gasteiger charge is -2.05. The van der Waals surface area contributed by atoms with Crippen molar-refractivity contribution < 1.29 is 14.3 Å². The van der Waals surface area contributed by atoms with E-state index in [1.807, 2.05) is 24.3 Å². The van der Waals surface area contributed by atoms with Gasteiger partial charge in [-0.1, -0.05) is 17.3 Å². The van der Waals surface area contributed by atoms with Gasteiger partial charge in [-0.2, -0.15) is 0 Å². The number of hydrogen-bond donors (Lipinski definition) is 1. The van der Waals surface area contributed by atoms with Gasteiger partial charge in [-0.15, -0.1) is 5.10 Å². The van der Waals surface area contributed by atoms with E-state index in [0.717, 1.165) is 11.0 Å². The summed E-state index contributed by atoms with van der Waals surface area (Å²) in [6.07, 6.45) is 0.847. The fourth-order valence-electron chi connectivity index (χ4n) is 1.79. The van der Waals surface area contributed by atoms with Gasteiger partial charge in [-0.05, 0) is 18.6 Å². The highest BCUT2D eigenvalue weighted by molar-refractivity contribution is 5.79. The zero-order valence-electron chi connectivity index (χ0n) is 11.2. The minimum absolute atomic E-state index is 0.110. The van der Waals surface area contributed by atoms with E-state index in [4.69, 9.17) is 0 Å². The predicted octanol–water partition coefficient (Wildman–Crippen LogP) is 0.501. The van der Waals surface area contributed by atoms with E-state index in [1.165, 1.54) is 7.11 Å². The van der Waals surface area contributed by atoms with E-state index in [0.29, 0.717) is 19.4 Å². The number of carbonyl (C=O) groups excluding carboxylic acids is 2. The number of rotatable bonds is 6. The van der Waals surface area contributed by atoms with Crippen LogP contribution in [0.5, 0.6) is 0 Å². The van der Waals surface area contributed by atoms with Crippen LogP contribution < -0.4 is 5.32 Å². The first-order valence-corrected chi connectivity index (χ1v) is 6.32. The molecule has 1 aromatic carbocycles. The van der Waals surface area contributed by atoms with Crippen molar-refractivity contribution in [1.82, 2.24) is 20.3 Å².